The van der Waals surface area contributed by atoms with E-state index in [4.69, 9.17) is 4.74 Å². The van der Waals surface area contributed by atoms with Crippen LogP contribution in [0.1, 0.15) is 17.1 Å². The van der Waals surface area contributed by atoms with Crippen molar-refractivity contribution in [2.24, 2.45) is 0 Å². The van der Waals surface area contributed by atoms with Crippen LogP contribution in [-0.2, 0) is 22.6 Å². The molecule has 0 saturated carbocycles. The summed E-state index contributed by atoms with van der Waals surface area (Å²) >= 11 is 1.50. The maximum Gasteiger partial charge on any atom is 0.306 e. The van der Waals surface area contributed by atoms with Gasteiger partial charge >= 0.3 is 5.97 Å². The number of para-hydroxylation sites is 3. The molecule has 0 radical (unpaired) electrons. The van der Waals surface area contributed by atoms with Gasteiger partial charge in [-0.3, -0.25) is 9.59 Å². The van der Waals surface area contributed by atoms with Crippen molar-refractivity contribution in [3.63, 3.8) is 0 Å². The second-order valence-corrected chi connectivity index (χ2v) is 6.88. The Balaban J connectivity index is 1.38. The van der Waals surface area contributed by atoms with Crippen LogP contribution in [0.3, 0.4) is 0 Å². The van der Waals surface area contributed by atoms with Crippen molar-refractivity contribution in [1.29, 1.82) is 0 Å². The van der Waals surface area contributed by atoms with Crippen molar-refractivity contribution in [3.8, 4) is 0 Å². The molecule has 4 rings (SSSR count). The highest BCUT2D eigenvalue weighted by molar-refractivity contribution is 7.18. The van der Waals surface area contributed by atoms with E-state index >= 15 is 0 Å². The number of ether oxygens (including phenoxy) is 1. The number of H-pyrrole nitrogens is 1. The van der Waals surface area contributed by atoms with Crippen LogP contribution in [0.15, 0.2) is 53.3 Å². The summed E-state index contributed by atoms with van der Waals surface area (Å²) in [5.41, 5.74) is 2.34. The minimum absolute atomic E-state index is 0.0965. The number of carbonyl (C=O) groups excluding carboxylic acids is 1. The number of hydrogen-bond acceptors (Lipinski definition) is 6. The fourth-order valence-corrected chi connectivity index (χ4v) is 3.53. The number of hydrogen-bond donors (Lipinski definition) is 1. The number of fused-ring (bicyclic) bond motifs is 2. The van der Waals surface area contributed by atoms with Gasteiger partial charge in [0.25, 0.3) is 5.56 Å². The van der Waals surface area contributed by atoms with Gasteiger partial charge in [0.1, 0.15) is 17.3 Å². The average molecular weight is 365 g/mol. The zero-order valence-electron chi connectivity index (χ0n) is 13.8. The molecule has 0 aliphatic heterocycles. The smallest absolute Gasteiger partial charge is 0.306 e. The van der Waals surface area contributed by atoms with E-state index in [1.54, 1.807) is 6.07 Å². The van der Waals surface area contributed by atoms with E-state index in [1.165, 1.54) is 11.3 Å². The van der Waals surface area contributed by atoms with Crippen molar-refractivity contribution in [1.82, 2.24) is 15.0 Å². The Morgan fingerprint density at radius 1 is 1.04 bits per heavy atom. The van der Waals surface area contributed by atoms with Crippen molar-refractivity contribution in [3.05, 3.63) is 69.6 Å². The Labute approximate surface area is 152 Å². The van der Waals surface area contributed by atoms with E-state index in [0.717, 1.165) is 15.2 Å². The summed E-state index contributed by atoms with van der Waals surface area (Å²) < 4.78 is 6.34. The molecule has 0 aliphatic carbocycles. The van der Waals surface area contributed by atoms with Crippen LogP contribution in [0, 0.1) is 0 Å². The second-order valence-electron chi connectivity index (χ2n) is 5.77. The highest BCUT2D eigenvalue weighted by atomic mass is 32.1. The summed E-state index contributed by atoms with van der Waals surface area (Å²) in [5, 5.41) is 0.751. The number of rotatable bonds is 5. The highest BCUT2D eigenvalue weighted by Gasteiger charge is 2.11. The van der Waals surface area contributed by atoms with Crippen molar-refractivity contribution >= 4 is 38.6 Å². The lowest BCUT2D eigenvalue weighted by atomic mass is 10.2. The molecule has 6 nitrogen and oxygen atoms in total. The lowest BCUT2D eigenvalue weighted by Gasteiger charge is -2.03. The molecule has 0 saturated heterocycles. The molecule has 2 aromatic carbocycles. The van der Waals surface area contributed by atoms with Crippen LogP contribution >= 0.6 is 11.3 Å². The molecule has 26 heavy (non-hydrogen) atoms. The molecule has 0 aliphatic rings. The Morgan fingerprint density at radius 2 is 1.81 bits per heavy atom. The lowest BCUT2D eigenvalue weighted by molar-refractivity contribution is -0.144. The number of nitrogens with one attached hydrogen (secondary N) is 1. The zero-order chi connectivity index (χ0) is 17.9. The van der Waals surface area contributed by atoms with E-state index in [2.05, 4.69) is 15.0 Å². The van der Waals surface area contributed by atoms with E-state index in [-0.39, 0.29) is 31.0 Å². The highest BCUT2D eigenvalue weighted by Crippen LogP contribution is 2.22. The number of nitrogens with zero attached hydrogens (tertiary/aromatic N) is 2. The number of aromatic nitrogens is 3. The Morgan fingerprint density at radius 3 is 2.65 bits per heavy atom. The Bertz CT molecular complexity index is 1120. The standard InChI is InChI=1S/C19H15N3O3S/c23-18(25-11-17-21-14-7-3-4-8-16(14)26-17)10-9-15-19(24)22-13-6-2-1-5-12(13)20-15/h1-8H,9-11H2,(H,22,24). The quantitative estimate of drug-likeness (QED) is 0.549. The molecule has 1 N–H and O–H groups in total. The first kappa shape index (κ1) is 16.4. The van der Waals surface area contributed by atoms with Crippen LogP contribution < -0.4 is 5.56 Å². The summed E-state index contributed by atoms with van der Waals surface area (Å²) in [6.45, 7) is 0.139. The molecule has 2 heterocycles. The minimum Gasteiger partial charge on any atom is -0.458 e. The first-order valence-electron chi connectivity index (χ1n) is 8.17. The van der Waals surface area contributed by atoms with Gasteiger partial charge in [-0.25, -0.2) is 9.97 Å². The van der Waals surface area contributed by atoms with Gasteiger partial charge in [-0.15, -0.1) is 11.3 Å². The van der Waals surface area contributed by atoms with Gasteiger partial charge in [0.05, 0.1) is 27.7 Å². The normalized spacial score (nSPS) is 11.1. The molecule has 0 unspecified atom stereocenters. The number of esters is 1. The van der Waals surface area contributed by atoms with Crippen LogP contribution in [0.2, 0.25) is 0 Å². The number of aryl methyl sites for hydroxylation is 1. The van der Waals surface area contributed by atoms with Gasteiger partial charge in [0.2, 0.25) is 0 Å². The summed E-state index contributed by atoms with van der Waals surface area (Å²) in [6.07, 6.45) is 0.332. The second kappa shape index (κ2) is 7.05. The third-order valence-electron chi connectivity index (χ3n) is 3.93. The fraction of sp³-hybridized carbons (Fsp3) is 0.158. The van der Waals surface area contributed by atoms with Crippen molar-refractivity contribution in [2.45, 2.75) is 19.4 Å². The number of aromatic amines is 1. The molecule has 0 spiro atoms. The first-order valence-corrected chi connectivity index (χ1v) is 8.99. The fourth-order valence-electron chi connectivity index (χ4n) is 2.65. The molecule has 130 valence electrons. The third-order valence-corrected chi connectivity index (χ3v) is 4.94. The van der Waals surface area contributed by atoms with E-state index in [0.29, 0.717) is 16.7 Å². The van der Waals surface area contributed by atoms with Gasteiger partial charge in [-0.2, -0.15) is 0 Å². The summed E-state index contributed by atoms with van der Waals surface area (Å²) in [6, 6.07) is 15.1. The van der Waals surface area contributed by atoms with Gasteiger partial charge in [0.15, 0.2) is 0 Å². The SMILES string of the molecule is O=C(CCc1nc2ccccc2[nH]c1=O)OCc1nc2ccccc2s1. The molecular formula is C19H15N3O3S. The van der Waals surface area contributed by atoms with Crippen LogP contribution in [0.5, 0.6) is 0 Å². The molecule has 7 heteroatoms. The number of thiazole rings is 1. The van der Waals surface area contributed by atoms with Gasteiger partial charge in [-0.05, 0) is 24.3 Å². The molecule has 0 amide bonds. The monoisotopic (exact) mass is 365 g/mol. The topological polar surface area (TPSA) is 84.9 Å². The van der Waals surface area contributed by atoms with Gasteiger partial charge in [0, 0.05) is 6.42 Å². The van der Waals surface area contributed by atoms with Crippen molar-refractivity contribution in [2.75, 3.05) is 0 Å². The molecule has 2 aromatic heterocycles. The molecule has 0 atom stereocenters. The Kier molecular flexibility index (Phi) is 4.45. The minimum atomic E-state index is -0.376. The molecule has 0 fully saturated rings. The van der Waals surface area contributed by atoms with E-state index < -0.39 is 0 Å². The lowest BCUT2D eigenvalue weighted by Crippen LogP contribution is -2.17. The van der Waals surface area contributed by atoms with Crippen molar-refractivity contribution < 1.29 is 9.53 Å². The van der Waals surface area contributed by atoms with E-state index in [9.17, 15) is 9.59 Å². The largest absolute Gasteiger partial charge is 0.458 e. The van der Waals surface area contributed by atoms with Crippen LogP contribution in [-0.4, -0.2) is 20.9 Å². The van der Waals surface area contributed by atoms with Gasteiger partial charge < -0.3 is 9.72 Å². The Hall–Kier alpha value is -3.06. The molecule has 4 aromatic rings. The molecular weight excluding hydrogens is 350 g/mol. The number of benzene rings is 2. The van der Waals surface area contributed by atoms with Crippen LogP contribution in [0.25, 0.3) is 21.3 Å². The maximum absolute atomic E-state index is 12.0. The first-order chi connectivity index (χ1) is 12.7. The van der Waals surface area contributed by atoms with E-state index in [1.807, 2.05) is 42.5 Å². The predicted molar refractivity (Wildman–Crippen MR) is 100 cm³/mol. The predicted octanol–water partition coefficient (Wildman–Crippen LogP) is 3.21. The number of carbonyl (C=O) groups is 1. The third kappa shape index (κ3) is 3.48. The summed E-state index contributed by atoms with van der Waals surface area (Å²) in [5.74, 6) is -0.376. The maximum atomic E-state index is 12.0. The zero-order valence-corrected chi connectivity index (χ0v) is 14.6. The molecule has 0 bridgehead atoms. The summed E-state index contributed by atoms with van der Waals surface area (Å²) in [4.78, 5) is 35.6. The van der Waals surface area contributed by atoms with Crippen LogP contribution in [0.4, 0.5) is 0 Å². The average Bonchev–Trinajstić information content (AvgIpc) is 3.07. The van der Waals surface area contributed by atoms with Gasteiger partial charge in [-0.1, -0.05) is 24.3 Å². The summed E-state index contributed by atoms with van der Waals surface area (Å²) in [7, 11) is 0.